The maximum Gasteiger partial charge on any atom is 0.234 e. The number of nitrogens with one attached hydrogen (secondary N) is 1. The number of rotatable bonds is 8. The molecule has 0 spiro atoms. The normalized spacial score (nSPS) is 10.9. The first-order valence-electron chi connectivity index (χ1n) is 8.50. The Morgan fingerprint density at radius 3 is 2.48 bits per heavy atom. The zero-order chi connectivity index (χ0) is 20.8. The summed E-state index contributed by atoms with van der Waals surface area (Å²) in [6, 6.07) is 12.5. The number of anilines is 1. The molecule has 0 fully saturated rings. The molecule has 0 atom stereocenters. The molecule has 3 aromatic rings. The van der Waals surface area contributed by atoms with Gasteiger partial charge in [0.1, 0.15) is 5.82 Å². The molecule has 10 heteroatoms. The Hall–Kier alpha value is -1.38. The molecule has 1 N–H and O–H groups in total. The molecule has 1 aromatic heterocycles. The molecule has 0 aliphatic heterocycles. The summed E-state index contributed by atoms with van der Waals surface area (Å²) >= 11 is 21.0. The number of nitrogens with zero attached hydrogens (tertiary/aromatic N) is 3. The maximum atomic E-state index is 12.1. The van der Waals surface area contributed by atoms with Gasteiger partial charge in [0.25, 0.3) is 0 Å². The number of amides is 1. The lowest BCUT2D eigenvalue weighted by molar-refractivity contribution is -0.113. The van der Waals surface area contributed by atoms with Gasteiger partial charge in [0, 0.05) is 33.6 Å². The number of hydrogen-bond donors (Lipinski definition) is 1. The van der Waals surface area contributed by atoms with Crippen molar-refractivity contribution < 1.29 is 4.79 Å². The fourth-order valence-electron chi connectivity index (χ4n) is 2.35. The zero-order valence-corrected chi connectivity index (χ0v) is 19.3. The van der Waals surface area contributed by atoms with Crippen molar-refractivity contribution in [2.24, 2.45) is 7.05 Å². The molecule has 3 rings (SSSR count). The van der Waals surface area contributed by atoms with Crippen LogP contribution in [0.15, 0.2) is 47.6 Å². The molecule has 152 valence electrons. The van der Waals surface area contributed by atoms with Crippen molar-refractivity contribution in [2.75, 3.05) is 11.1 Å². The van der Waals surface area contributed by atoms with Gasteiger partial charge in [-0.3, -0.25) is 4.79 Å². The van der Waals surface area contributed by atoms with E-state index in [9.17, 15) is 4.79 Å². The van der Waals surface area contributed by atoms with Crippen molar-refractivity contribution in [3.63, 3.8) is 0 Å². The minimum Gasteiger partial charge on any atom is -0.325 e. The predicted octanol–water partition coefficient (Wildman–Crippen LogP) is 5.94. The lowest BCUT2D eigenvalue weighted by Crippen LogP contribution is -2.14. The minimum atomic E-state index is -0.117. The van der Waals surface area contributed by atoms with Gasteiger partial charge in [0.2, 0.25) is 5.91 Å². The van der Waals surface area contributed by atoms with Crippen LogP contribution in [0.25, 0.3) is 0 Å². The van der Waals surface area contributed by atoms with Crippen LogP contribution in [-0.4, -0.2) is 26.4 Å². The largest absolute Gasteiger partial charge is 0.325 e. The molecule has 0 radical (unpaired) electrons. The Labute approximate surface area is 192 Å². The first-order chi connectivity index (χ1) is 13.9. The second-order valence-corrected chi connectivity index (χ2v) is 9.24. The van der Waals surface area contributed by atoms with Crippen LogP contribution in [0.1, 0.15) is 11.4 Å². The predicted molar refractivity (Wildman–Crippen MR) is 123 cm³/mol. The van der Waals surface area contributed by atoms with Crippen molar-refractivity contribution in [3.05, 3.63) is 68.9 Å². The van der Waals surface area contributed by atoms with Crippen molar-refractivity contribution in [3.8, 4) is 0 Å². The molecular weight excluding hydrogens is 471 g/mol. The number of benzene rings is 2. The Morgan fingerprint density at radius 2 is 1.76 bits per heavy atom. The highest BCUT2D eigenvalue weighted by Gasteiger charge is 2.12. The molecule has 29 heavy (non-hydrogen) atoms. The van der Waals surface area contributed by atoms with E-state index in [-0.39, 0.29) is 11.7 Å². The van der Waals surface area contributed by atoms with Gasteiger partial charge in [-0.05, 0) is 42.0 Å². The summed E-state index contributed by atoms with van der Waals surface area (Å²) < 4.78 is 1.90. The van der Waals surface area contributed by atoms with Crippen LogP contribution in [0.5, 0.6) is 0 Å². The SMILES string of the molecule is Cn1c(CSCc2ccc(Cl)cc2Cl)nnc1SCC(=O)Nc1ccc(Cl)cc1. The van der Waals surface area contributed by atoms with Crippen molar-refractivity contribution in [1.82, 2.24) is 14.8 Å². The number of aromatic nitrogens is 3. The molecule has 5 nitrogen and oxygen atoms in total. The highest BCUT2D eigenvalue weighted by molar-refractivity contribution is 7.99. The number of carbonyl (C=O) groups excluding carboxylic acids is 1. The van der Waals surface area contributed by atoms with Gasteiger partial charge in [-0.2, -0.15) is 0 Å². The summed E-state index contributed by atoms with van der Waals surface area (Å²) in [6.07, 6.45) is 0. The van der Waals surface area contributed by atoms with E-state index in [1.54, 1.807) is 42.1 Å². The molecule has 1 heterocycles. The molecule has 0 bridgehead atoms. The van der Waals surface area contributed by atoms with Crippen LogP contribution in [0.3, 0.4) is 0 Å². The molecular formula is C19H17Cl3N4OS2. The van der Waals surface area contributed by atoms with Crippen LogP contribution < -0.4 is 5.32 Å². The lowest BCUT2D eigenvalue weighted by Gasteiger charge is -2.06. The monoisotopic (exact) mass is 486 g/mol. The van der Waals surface area contributed by atoms with E-state index >= 15 is 0 Å². The second kappa shape index (κ2) is 10.6. The third-order valence-electron chi connectivity index (χ3n) is 3.89. The Kier molecular flexibility index (Phi) is 8.15. The van der Waals surface area contributed by atoms with Gasteiger partial charge < -0.3 is 9.88 Å². The first kappa shape index (κ1) is 22.3. The standard InChI is InChI=1S/C19H17Cl3N4OS2/c1-26-17(10-28-9-12-2-3-14(21)8-16(12)22)24-25-19(26)29-11-18(27)23-15-6-4-13(20)5-7-15/h2-8H,9-11H2,1H3,(H,23,27). The Balaban J connectivity index is 1.48. The molecule has 0 aliphatic rings. The van der Waals surface area contributed by atoms with Crippen molar-refractivity contribution in [2.45, 2.75) is 16.7 Å². The second-order valence-electron chi connectivity index (χ2n) is 6.03. The van der Waals surface area contributed by atoms with Crippen molar-refractivity contribution >= 4 is 69.9 Å². The smallest absolute Gasteiger partial charge is 0.234 e. The van der Waals surface area contributed by atoms with Gasteiger partial charge in [-0.1, -0.05) is 52.6 Å². The average Bonchev–Trinajstić information content (AvgIpc) is 3.03. The molecule has 0 saturated carbocycles. The number of hydrogen-bond acceptors (Lipinski definition) is 5. The number of carbonyl (C=O) groups is 1. The van der Waals surface area contributed by atoms with Crippen LogP contribution >= 0.6 is 58.3 Å². The molecule has 2 aromatic carbocycles. The molecule has 0 aliphatic carbocycles. The van der Waals surface area contributed by atoms with E-state index in [1.807, 2.05) is 23.7 Å². The summed E-state index contributed by atoms with van der Waals surface area (Å²) in [5.41, 5.74) is 1.73. The Bertz CT molecular complexity index is 996. The van der Waals surface area contributed by atoms with Crippen LogP contribution in [0, 0.1) is 0 Å². The number of thioether (sulfide) groups is 2. The Morgan fingerprint density at radius 1 is 1.03 bits per heavy atom. The summed E-state index contributed by atoms with van der Waals surface area (Å²) in [5.74, 6) is 2.38. The topological polar surface area (TPSA) is 59.8 Å². The zero-order valence-electron chi connectivity index (χ0n) is 15.4. The highest BCUT2D eigenvalue weighted by Crippen LogP contribution is 2.26. The van der Waals surface area contributed by atoms with E-state index in [2.05, 4.69) is 15.5 Å². The molecule has 1 amide bonds. The maximum absolute atomic E-state index is 12.1. The van der Waals surface area contributed by atoms with Crippen molar-refractivity contribution in [1.29, 1.82) is 0 Å². The molecule has 0 unspecified atom stereocenters. The summed E-state index contributed by atoms with van der Waals surface area (Å²) in [5, 5.41) is 13.8. The van der Waals surface area contributed by atoms with E-state index in [1.165, 1.54) is 11.8 Å². The molecule has 0 saturated heterocycles. The fraction of sp³-hybridized carbons (Fsp3) is 0.211. The van der Waals surface area contributed by atoms with E-state index < -0.39 is 0 Å². The summed E-state index contributed by atoms with van der Waals surface area (Å²) in [7, 11) is 1.89. The minimum absolute atomic E-state index is 0.117. The van der Waals surface area contributed by atoms with Gasteiger partial charge in [-0.15, -0.1) is 22.0 Å². The van der Waals surface area contributed by atoms with Crippen LogP contribution in [0.4, 0.5) is 5.69 Å². The summed E-state index contributed by atoms with van der Waals surface area (Å²) in [4.78, 5) is 12.1. The van der Waals surface area contributed by atoms with E-state index in [0.717, 1.165) is 17.1 Å². The third-order valence-corrected chi connectivity index (χ3v) is 6.73. The van der Waals surface area contributed by atoms with E-state index in [4.69, 9.17) is 34.8 Å². The van der Waals surface area contributed by atoms with Crippen LogP contribution in [-0.2, 0) is 23.3 Å². The summed E-state index contributed by atoms with van der Waals surface area (Å²) in [6.45, 7) is 0. The first-order valence-corrected chi connectivity index (χ1v) is 11.8. The van der Waals surface area contributed by atoms with Gasteiger partial charge >= 0.3 is 0 Å². The number of halogens is 3. The average molecular weight is 488 g/mol. The third kappa shape index (κ3) is 6.55. The van der Waals surface area contributed by atoms with E-state index in [0.29, 0.717) is 31.7 Å². The van der Waals surface area contributed by atoms with Gasteiger partial charge in [0.05, 0.1) is 11.5 Å². The highest BCUT2D eigenvalue weighted by atomic mass is 35.5. The lowest BCUT2D eigenvalue weighted by atomic mass is 10.2. The van der Waals surface area contributed by atoms with Gasteiger partial charge in [-0.25, -0.2) is 0 Å². The fourth-order valence-corrected chi connectivity index (χ4v) is 4.77. The van der Waals surface area contributed by atoms with Crippen LogP contribution in [0.2, 0.25) is 15.1 Å². The quantitative estimate of drug-likeness (QED) is 0.398. The van der Waals surface area contributed by atoms with Gasteiger partial charge in [0.15, 0.2) is 5.16 Å².